The third-order valence-electron chi connectivity index (χ3n) is 4.51. The SMILES string of the molecule is CCc1cccc2c(CCCCN)c(-c3cccc(Cl)c3Cl)[nH]c12. The highest BCUT2D eigenvalue weighted by Crippen LogP contribution is 2.38. The zero-order valence-electron chi connectivity index (χ0n) is 13.8. The van der Waals surface area contributed by atoms with Crippen LogP contribution < -0.4 is 5.73 Å². The number of aromatic amines is 1. The molecule has 1 heterocycles. The van der Waals surface area contributed by atoms with E-state index < -0.39 is 0 Å². The van der Waals surface area contributed by atoms with Gasteiger partial charge in [0, 0.05) is 16.5 Å². The van der Waals surface area contributed by atoms with Crippen molar-refractivity contribution in [3.05, 3.63) is 57.6 Å². The van der Waals surface area contributed by atoms with Crippen LogP contribution in [-0.2, 0) is 12.8 Å². The molecule has 0 amide bonds. The molecule has 24 heavy (non-hydrogen) atoms. The van der Waals surface area contributed by atoms with Gasteiger partial charge in [-0.2, -0.15) is 0 Å². The van der Waals surface area contributed by atoms with Crippen molar-refractivity contribution in [1.82, 2.24) is 4.98 Å². The molecule has 0 aliphatic rings. The normalized spacial score (nSPS) is 11.3. The Morgan fingerprint density at radius 2 is 1.83 bits per heavy atom. The van der Waals surface area contributed by atoms with Crippen molar-refractivity contribution in [3.63, 3.8) is 0 Å². The fourth-order valence-electron chi connectivity index (χ4n) is 3.26. The Kier molecular flexibility index (Phi) is 5.50. The van der Waals surface area contributed by atoms with Crippen LogP contribution in [0.25, 0.3) is 22.2 Å². The summed E-state index contributed by atoms with van der Waals surface area (Å²) in [7, 11) is 0. The van der Waals surface area contributed by atoms with Gasteiger partial charge in [-0.1, -0.05) is 60.5 Å². The summed E-state index contributed by atoms with van der Waals surface area (Å²) in [6.45, 7) is 2.89. The van der Waals surface area contributed by atoms with Gasteiger partial charge in [-0.25, -0.2) is 0 Å². The van der Waals surface area contributed by atoms with Gasteiger partial charge in [0.2, 0.25) is 0 Å². The molecule has 0 bridgehead atoms. The number of halogens is 2. The fourth-order valence-corrected chi connectivity index (χ4v) is 3.66. The van der Waals surface area contributed by atoms with E-state index in [0.717, 1.165) is 43.5 Å². The maximum atomic E-state index is 6.49. The molecule has 0 radical (unpaired) electrons. The van der Waals surface area contributed by atoms with E-state index in [1.807, 2.05) is 18.2 Å². The fraction of sp³-hybridized carbons (Fsp3) is 0.300. The van der Waals surface area contributed by atoms with Crippen LogP contribution >= 0.6 is 23.2 Å². The molecule has 0 aliphatic carbocycles. The Balaban J connectivity index is 2.21. The lowest BCUT2D eigenvalue weighted by Gasteiger charge is -2.08. The summed E-state index contributed by atoms with van der Waals surface area (Å²) >= 11 is 12.7. The quantitative estimate of drug-likeness (QED) is 0.521. The first-order valence-electron chi connectivity index (χ1n) is 8.44. The van der Waals surface area contributed by atoms with E-state index >= 15 is 0 Å². The monoisotopic (exact) mass is 360 g/mol. The summed E-state index contributed by atoms with van der Waals surface area (Å²) in [5.41, 5.74) is 11.5. The summed E-state index contributed by atoms with van der Waals surface area (Å²) < 4.78 is 0. The number of unbranched alkanes of at least 4 members (excludes halogenated alkanes) is 1. The van der Waals surface area contributed by atoms with E-state index in [0.29, 0.717) is 10.0 Å². The van der Waals surface area contributed by atoms with Crippen molar-refractivity contribution in [2.24, 2.45) is 5.73 Å². The lowest BCUT2D eigenvalue weighted by molar-refractivity contribution is 0.748. The number of para-hydroxylation sites is 1. The average Bonchev–Trinajstić information content (AvgIpc) is 2.96. The smallest absolute Gasteiger partial charge is 0.0685 e. The lowest BCUT2D eigenvalue weighted by Crippen LogP contribution is -1.99. The van der Waals surface area contributed by atoms with Crippen LogP contribution in [0.2, 0.25) is 10.0 Å². The van der Waals surface area contributed by atoms with Crippen LogP contribution in [0, 0.1) is 0 Å². The molecule has 0 fully saturated rings. The van der Waals surface area contributed by atoms with Gasteiger partial charge in [-0.3, -0.25) is 0 Å². The molecule has 1 aromatic heterocycles. The maximum Gasteiger partial charge on any atom is 0.0685 e. The first-order valence-corrected chi connectivity index (χ1v) is 9.19. The van der Waals surface area contributed by atoms with Gasteiger partial charge in [0.05, 0.1) is 15.7 Å². The molecule has 0 saturated carbocycles. The van der Waals surface area contributed by atoms with Crippen molar-refractivity contribution in [1.29, 1.82) is 0 Å². The minimum absolute atomic E-state index is 0.580. The molecule has 3 aromatic rings. The molecule has 0 unspecified atom stereocenters. The third-order valence-corrected chi connectivity index (χ3v) is 5.33. The zero-order chi connectivity index (χ0) is 17.1. The number of nitrogens with two attached hydrogens (primary N) is 1. The van der Waals surface area contributed by atoms with Crippen molar-refractivity contribution in [2.75, 3.05) is 6.54 Å². The standard InChI is InChI=1S/C20H22Cl2N2/c1-2-13-7-5-9-14-15(8-3-4-12-23)20(24-19(13)14)16-10-6-11-17(21)18(16)22/h5-7,9-11,24H,2-4,8,12,23H2,1H3. The molecule has 0 aliphatic heterocycles. The van der Waals surface area contributed by atoms with Crippen LogP contribution in [0.1, 0.15) is 30.9 Å². The Labute approximate surface area is 153 Å². The van der Waals surface area contributed by atoms with E-state index in [4.69, 9.17) is 28.9 Å². The highest BCUT2D eigenvalue weighted by molar-refractivity contribution is 6.43. The van der Waals surface area contributed by atoms with E-state index in [1.54, 1.807) is 0 Å². The van der Waals surface area contributed by atoms with E-state index in [9.17, 15) is 0 Å². The minimum atomic E-state index is 0.580. The topological polar surface area (TPSA) is 41.8 Å². The summed E-state index contributed by atoms with van der Waals surface area (Å²) in [5, 5.41) is 2.46. The van der Waals surface area contributed by atoms with Gasteiger partial charge in [0.1, 0.15) is 0 Å². The predicted octanol–water partition coefficient (Wildman–Crippen LogP) is 5.99. The van der Waals surface area contributed by atoms with Gasteiger partial charge < -0.3 is 10.7 Å². The van der Waals surface area contributed by atoms with Crippen molar-refractivity contribution in [2.45, 2.75) is 32.6 Å². The number of fused-ring (bicyclic) bond motifs is 1. The summed E-state index contributed by atoms with van der Waals surface area (Å²) in [5.74, 6) is 0. The van der Waals surface area contributed by atoms with Gasteiger partial charge >= 0.3 is 0 Å². The first-order chi connectivity index (χ1) is 11.7. The Morgan fingerprint density at radius 1 is 1.04 bits per heavy atom. The van der Waals surface area contributed by atoms with Gasteiger partial charge in [-0.15, -0.1) is 0 Å². The predicted molar refractivity (Wildman–Crippen MR) is 105 cm³/mol. The second-order valence-electron chi connectivity index (χ2n) is 6.02. The summed E-state index contributed by atoms with van der Waals surface area (Å²) in [4.78, 5) is 3.62. The second-order valence-corrected chi connectivity index (χ2v) is 6.80. The maximum absolute atomic E-state index is 6.49. The molecule has 2 nitrogen and oxygen atoms in total. The molecule has 4 heteroatoms. The Morgan fingerprint density at radius 3 is 2.58 bits per heavy atom. The van der Waals surface area contributed by atoms with Crippen LogP contribution in [-0.4, -0.2) is 11.5 Å². The number of H-pyrrole nitrogens is 1. The number of aryl methyl sites for hydroxylation is 2. The van der Waals surface area contributed by atoms with Gasteiger partial charge in [-0.05, 0) is 49.4 Å². The summed E-state index contributed by atoms with van der Waals surface area (Å²) in [6, 6.07) is 12.3. The number of hydrogen-bond acceptors (Lipinski definition) is 1. The number of rotatable bonds is 6. The average molecular weight is 361 g/mol. The van der Waals surface area contributed by atoms with Crippen molar-refractivity contribution in [3.8, 4) is 11.3 Å². The molecule has 3 N–H and O–H groups in total. The number of hydrogen-bond donors (Lipinski definition) is 2. The number of benzene rings is 2. The van der Waals surface area contributed by atoms with Crippen LogP contribution in [0.3, 0.4) is 0 Å². The molecule has 0 saturated heterocycles. The summed E-state index contributed by atoms with van der Waals surface area (Å²) in [6.07, 6.45) is 4.04. The Bertz CT molecular complexity index is 852. The minimum Gasteiger partial charge on any atom is -0.354 e. The molecule has 3 rings (SSSR count). The molecule has 0 atom stereocenters. The van der Waals surface area contributed by atoms with E-state index in [1.165, 1.54) is 22.0 Å². The zero-order valence-corrected chi connectivity index (χ0v) is 15.3. The molecule has 126 valence electrons. The first kappa shape index (κ1) is 17.3. The van der Waals surface area contributed by atoms with Crippen molar-refractivity contribution < 1.29 is 0 Å². The molecular formula is C20H22Cl2N2. The van der Waals surface area contributed by atoms with Gasteiger partial charge in [0.25, 0.3) is 0 Å². The highest BCUT2D eigenvalue weighted by Gasteiger charge is 2.17. The number of aromatic nitrogens is 1. The largest absolute Gasteiger partial charge is 0.354 e. The van der Waals surface area contributed by atoms with E-state index in [-0.39, 0.29) is 0 Å². The van der Waals surface area contributed by atoms with Gasteiger partial charge in [0.15, 0.2) is 0 Å². The van der Waals surface area contributed by atoms with E-state index in [2.05, 4.69) is 30.1 Å². The lowest BCUT2D eigenvalue weighted by atomic mass is 9.99. The molecular weight excluding hydrogens is 339 g/mol. The highest BCUT2D eigenvalue weighted by atomic mass is 35.5. The molecule has 0 spiro atoms. The number of nitrogens with one attached hydrogen (secondary N) is 1. The molecule has 2 aromatic carbocycles. The van der Waals surface area contributed by atoms with Crippen molar-refractivity contribution >= 4 is 34.1 Å². The van der Waals surface area contributed by atoms with Crippen LogP contribution in [0.15, 0.2) is 36.4 Å². The third kappa shape index (κ3) is 3.19. The second kappa shape index (κ2) is 7.60. The Hall–Kier alpha value is -1.48. The van der Waals surface area contributed by atoms with Crippen LogP contribution in [0.5, 0.6) is 0 Å². The van der Waals surface area contributed by atoms with Crippen LogP contribution in [0.4, 0.5) is 0 Å².